The highest BCUT2D eigenvalue weighted by Gasteiger charge is 2.28. The van der Waals surface area contributed by atoms with Crippen molar-refractivity contribution in [2.45, 2.75) is 20.4 Å². The van der Waals surface area contributed by atoms with Gasteiger partial charge in [0.25, 0.3) is 0 Å². The molecule has 1 aliphatic rings. The smallest absolute Gasteiger partial charge is 0.135 e. The number of pyridine rings is 1. The molecular weight excluding hydrogens is 294 g/mol. The molecule has 4 heteroatoms. The molecule has 0 amide bonds. The molecule has 0 aliphatic carbocycles. The first-order valence-corrected chi connectivity index (χ1v) is 7.17. The molecule has 3 aromatic rings. The number of amidine groups is 1. The lowest BCUT2D eigenvalue weighted by Gasteiger charge is -2.20. The van der Waals surface area contributed by atoms with Gasteiger partial charge < -0.3 is 9.30 Å². The standard InChI is InChI=1S/C18H17N3.ClH/c1-12-7-13(2)9-15(8-12)21-11-14-10-20-6-4-3-5-16(20)17(14)18(21)19;/h3-10,19H,11H2,1-2H3;1H. The van der Waals surface area contributed by atoms with Crippen LogP contribution in [-0.2, 0) is 6.54 Å². The van der Waals surface area contributed by atoms with Crippen LogP contribution in [0.3, 0.4) is 0 Å². The number of benzene rings is 1. The van der Waals surface area contributed by atoms with Crippen molar-refractivity contribution < 1.29 is 0 Å². The number of hydrogen-bond acceptors (Lipinski definition) is 1. The summed E-state index contributed by atoms with van der Waals surface area (Å²) in [5, 5.41) is 8.58. The highest BCUT2D eigenvalue weighted by Crippen LogP contribution is 2.32. The summed E-state index contributed by atoms with van der Waals surface area (Å²) in [6, 6.07) is 12.6. The maximum atomic E-state index is 8.58. The van der Waals surface area contributed by atoms with Crippen LogP contribution in [-0.4, -0.2) is 10.2 Å². The van der Waals surface area contributed by atoms with Crippen molar-refractivity contribution in [2.24, 2.45) is 0 Å². The van der Waals surface area contributed by atoms with Gasteiger partial charge in [0, 0.05) is 29.2 Å². The van der Waals surface area contributed by atoms with Gasteiger partial charge in [0.05, 0.1) is 12.1 Å². The predicted octanol–water partition coefficient (Wildman–Crippen LogP) is 4.32. The van der Waals surface area contributed by atoms with Crippen molar-refractivity contribution in [1.29, 1.82) is 5.41 Å². The number of aryl methyl sites for hydroxylation is 2. The second-order valence-corrected chi connectivity index (χ2v) is 5.80. The molecule has 0 atom stereocenters. The average molecular weight is 312 g/mol. The first-order chi connectivity index (χ1) is 10.1. The van der Waals surface area contributed by atoms with Crippen LogP contribution in [0, 0.1) is 19.3 Å². The number of nitrogens with one attached hydrogen (secondary N) is 1. The zero-order valence-electron chi connectivity index (χ0n) is 12.6. The minimum atomic E-state index is 0. The third-order valence-electron chi connectivity index (χ3n) is 4.12. The molecule has 4 rings (SSSR count). The van der Waals surface area contributed by atoms with Crippen LogP contribution >= 0.6 is 12.4 Å². The largest absolute Gasteiger partial charge is 0.323 e. The number of halogens is 1. The van der Waals surface area contributed by atoms with E-state index in [9.17, 15) is 0 Å². The van der Waals surface area contributed by atoms with E-state index in [0.717, 1.165) is 23.3 Å². The zero-order valence-corrected chi connectivity index (χ0v) is 13.4. The third kappa shape index (κ3) is 2.09. The van der Waals surface area contributed by atoms with Gasteiger partial charge in [0.2, 0.25) is 0 Å². The second-order valence-electron chi connectivity index (χ2n) is 5.80. The van der Waals surface area contributed by atoms with Crippen molar-refractivity contribution in [3.63, 3.8) is 0 Å². The Labute approximate surface area is 136 Å². The molecule has 1 aromatic carbocycles. The fourth-order valence-electron chi connectivity index (χ4n) is 3.28. The molecule has 0 saturated heterocycles. The molecule has 22 heavy (non-hydrogen) atoms. The van der Waals surface area contributed by atoms with E-state index >= 15 is 0 Å². The first-order valence-electron chi connectivity index (χ1n) is 7.17. The van der Waals surface area contributed by atoms with Gasteiger partial charge in [0.1, 0.15) is 5.84 Å². The minimum absolute atomic E-state index is 0. The summed E-state index contributed by atoms with van der Waals surface area (Å²) in [6.45, 7) is 4.99. The van der Waals surface area contributed by atoms with Crippen molar-refractivity contribution in [1.82, 2.24) is 4.40 Å². The van der Waals surface area contributed by atoms with Crippen LogP contribution in [0.1, 0.15) is 22.3 Å². The van der Waals surface area contributed by atoms with Gasteiger partial charge in [-0.3, -0.25) is 5.41 Å². The SMILES string of the molecule is Cc1cc(C)cc(N2Cc3cn4ccccc4c3C2=N)c1.Cl. The van der Waals surface area contributed by atoms with E-state index in [1.807, 2.05) is 18.3 Å². The third-order valence-corrected chi connectivity index (χ3v) is 4.12. The van der Waals surface area contributed by atoms with E-state index in [1.165, 1.54) is 16.7 Å². The van der Waals surface area contributed by atoms with Crippen LogP contribution in [0.5, 0.6) is 0 Å². The van der Waals surface area contributed by atoms with Crippen LogP contribution < -0.4 is 4.90 Å². The second kappa shape index (κ2) is 5.18. The molecule has 0 bridgehead atoms. The Morgan fingerprint density at radius 1 is 1.05 bits per heavy atom. The summed E-state index contributed by atoms with van der Waals surface area (Å²) in [4.78, 5) is 2.09. The van der Waals surface area contributed by atoms with E-state index in [4.69, 9.17) is 5.41 Å². The number of nitrogens with zero attached hydrogens (tertiary/aromatic N) is 2. The molecule has 3 nitrogen and oxygen atoms in total. The van der Waals surface area contributed by atoms with Gasteiger partial charge in [-0.2, -0.15) is 0 Å². The topological polar surface area (TPSA) is 31.5 Å². The summed E-state index contributed by atoms with van der Waals surface area (Å²) in [5.41, 5.74) is 7.00. The van der Waals surface area contributed by atoms with Crippen molar-refractivity contribution >= 4 is 29.4 Å². The lowest BCUT2D eigenvalue weighted by atomic mass is 10.1. The van der Waals surface area contributed by atoms with E-state index in [0.29, 0.717) is 5.84 Å². The number of rotatable bonds is 1. The molecule has 0 radical (unpaired) electrons. The summed E-state index contributed by atoms with van der Waals surface area (Å²) >= 11 is 0. The predicted molar refractivity (Wildman–Crippen MR) is 93.6 cm³/mol. The number of hydrogen-bond donors (Lipinski definition) is 1. The molecule has 0 saturated carbocycles. The zero-order chi connectivity index (χ0) is 14.6. The van der Waals surface area contributed by atoms with Crippen molar-refractivity contribution in [3.8, 4) is 0 Å². The maximum Gasteiger partial charge on any atom is 0.135 e. The number of anilines is 1. The van der Waals surface area contributed by atoms with Crippen LogP contribution in [0.15, 0.2) is 48.8 Å². The Morgan fingerprint density at radius 2 is 1.77 bits per heavy atom. The Bertz CT molecular complexity index is 859. The Morgan fingerprint density at radius 3 is 2.50 bits per heavy atom. The normalized spacial score (nSPS) is 13.4. The highest BCUT2D eigenvalue weighted by atomic mass is 35.5. The fraction of sp³-hybridized carbons (Fsp3) is 0.167. The molecular formula is C18H18ClN3. The lowest BCUT2D eigenvalue weighted by Crippen LogP contribution is -2.23. The van der Waals surface area contributed by atoms with Crippen LogP contribution in [0.2, 0.25) is 0 Å². The quantitative estimate of drug-likeness (QED) is 0.713. The minimum Gasteiger partial charge on any atom is -0.323 e. The molecule has 2 aromatic heterocycles. The first kappa shape index (κ1) is 14.7. The van der Waals surface area contributed by atoms with Gasteiger partial charge in [-0.05, 0) is 49.2 Å². The molecule has 0 unspecified atom stereocenters. The van der Waals surface area contributed by atoms with Gasteiger partial charge in [-0.15, -0.1) is 12.4 Å². The summed E-state index contributed by atoms with van der Waals surface area (Å²) in [7, 11) is 0. The number of aromatic nitrogens is 1. The van der Waals surface area contributed by atoms with E-state index in [-0.39, 0.29) is 12.4 Å². The molecule has 1 aliphatic heterocycles. The van der Waals surface area contributed by atoms with Crippen molar-refractivity contribution in [2.75, 3.05) is 4.90 Å². The Balaban J connectivity index is 0.00000144. The molecule has 1 N–H and O–H groups in total. The van der Waals surface area contributed by atoms with Crippen LogP contribution in [0.25, 0.3) is 5.52 Å². The van der Waals surface area contributed by atoms with E-state index in [2.05, 4.69) is 53.6 Å². The van der Waals surface area contributed by atoms with Gasteiger partial charge >= 0.3 is 0 Å². The highest BCUT2D eigenvalue weighted by molar-refractivity contribution is 6.16. The van der Waals surface area contributed by atoms with Crippen LogP contribution in [0.4, 0.5) is 5.69 Å². The number of fused-ring (bicyclic) bond motifs is 3. The molecule has 0 spiro atoms. The van der Waals surface area contributed by atoms with Gasteiger partial charge in [-0.1, -0.05) is 12.1 Å². The molecule has 112 valence electrons. The lowest BCUT2D eigenvalue weighted by molar-refractivity contribution is 1.03. The van der Waals surface area contributed by atoms with E-state index in [1.54, 1.807) is 0 Å². The Kier molecular flexibility index (Phi) is 3.45. The maximum absolute atomic E-state index is 8.58. The monoisotopic (exact) mass is 311 g/mol. The molecule has 0 fully saturated rings. The average Bonchev–Trinajstić information content (AvgIpc) is 2.95. The summed E-state index contributed by atoms with van der Waals surface area (Å²) < 4.78 is 2.11. The van der Waals surface area contributed by atoms with Gasteiger partial charge in [0.15, 0.2) is 0 Å². The van der Waals surface area contributed by atoms with Gasteiger partial charge in [-0.25, -0.2) is 0 Å². The van der Waals surface area contributed by atoms with Crippen molar-refractivity contribution in [3.05, 3.63) is 71.0 Å². The Hall–Kier alpha value is -2.26. The summed E-state index contributed by atoms with van der Waals surface area (Å²) in [5.74, 6) is 0.601. The van der Waals surface area contributed by atoms with E-state index < -0.39 is 0 Å². The fourth-order valence-corrected chi connectivity index (χ4v) is 3.28. The molecule has 3 heterocycles. The summed E-state index contributed by atoms with van der Waals surface area (Å²) in [6.07, 6.45) is 4.18.